The minimum atomic E-state index is 0.0196. The van der Waals surface area contributed by atoms with Gasteiger partial charge in [-0.05, 0) is 5.56 Å². The lowest BCUT2D eigenvalue weighted by Crippen LogP contribution is -2.29. The van der Waals surface area contributed by atoms with Crippen molar-refractivity contribution in [1.29, 1.82) is 0 Å². The van der Waals surface area contributed by atoms with Gasteiger partial charge in [0.1, 0.15) is 5.82 Å². The van der Waals surface area contributed by atoms with Crippen LogP contribution in [0.15, 0.2) is 30.3 Å². The third-order valence-electron chi connectivity index (χ3n) is 3.39. The number of aromatic nitrogens is 2. The van der Waals surface area contributed by atoms with Crippen molar-refractivity contribution in [2.75, 3.05) is 6.54 Å². The number of aliphatic hydroxyl groups is 1. The van der Waals surface area contributed by atoms with E-state index in [0.717, 1.165) is 43.3 Å². The second-order valence-electron chi connectivity index (χ2n) is 4.57. The summed E-state index contributed by atoms with van der Waals surface area (Å²) in [5, 5.41) is 12.7. The SMILES string of the molecule is OCc1nc(Cc2ccccc2)n2c1CNCC2. The highest BCUT2D eigenvalue weighted by Gasteiger charge is 2.18. The van der Waals surface area contributed by atoms with E-state index < -0.39 is 0 Å². The quantitative estimate of drug-likeness (QED) is 0.848. The fourth-order valence-corrected chi connectivity index (χ4v) is 2.49. The van der Waals surface area contributed by atoms with Gasteiger partial charge in [0, 0.05) is 26.1 Å². The third-order valence-corrected chi connectivity index (χ3v) is 3.39. The molecule has 2 aromatic rings. The molecule has 0 saturated carbocycles. The number of aliphatic hydroxyl groups excluding tert-OH is 1. The molecule has 0 fully saturated rings. The van der Waals surface area contributed by atoms with Crippen molar-refractivity contribution in [2.45, 2.75) is 26.1 Å². The summed E-state index contributed by atoms with van der Waals surface area (Å²) in [6.45, 7) is 2.73. The van der Waals surface area contributed by atoms with Crippen LogP contribution in [0.1, 0.15) is 22.8 Å². The number of hydrogen-bond acceptors (Lipinski definition) is 3. The van der Waals surface area contributed by atoms with Crippen LogP contribution < -0.4 is 5.32 Å². The van der Waals surface area contributed by atoms with Crippen LogP contribution in [0.25, 0.3) is 0 Å². The Morgan fingerprint density at radius 1 is 1.28 bits per heavy atom. The van der Waals surface area contributed by atoms with Crippen LogP contribution in [-0.4, -0.2) is 21.2 Å². The van der Waals surface area contributed by atoms with E-state index >= 15 is 0 Å². The van der Waals surface area contributed by atoms with Crippen molar-refractivity contribution < 1.29 is 5.11 Å². The topological polar surface area (TPSA) is 50.1 Å². The lowest BCUT2D eigenvalue weighted by Gasteiger charge is -2.18. The Morgan fingerprint density at radius 2 is 2.11 bits per heavy atom. The van der Waals surface area contributed by atoms with E-state index in [4.69, 9.17) is 0 Å². The Kier molecular flexibility index (Phi) is 3.13. The van der Waals surface area contributed by atoms with Gasteiger partial charge in [0.15, 0.2) is 0 Å². The average molecular weight is 243 g/mol. The summed E-state index contributed by atoms with van der Waals surface area (Å²) in [7, 11) is 0. The lowest BCUT2D eigenvalue weighted by atomic mass is 10.1. The molecule has 0 spiro atoms. The minimum Gasteiger partial charge on any atom is -0.390 e. The van der Waals surface area contributed by atoms with Crippen molar-refractivity contribution in [3.63, 3.8) is 0 Å². The molecule has 1 aromatic carbocycles. The normalized spacial score (nSPS) is 14.5. The molecule has 2 heterocycles. The van der Waals surface area contributed by atoms with Gasteiger partial charge in [-0.2, -0.15) is 0 Å². The van der Waals surface area contributed by atoms with E-state index in [-0.39, 0.29) is 6.61 Å². The minimum absolute atomic E-state index is 0.0196. The highest BCUT2D eigenvalue weighted by molar-refractivity contribution is 5.24. The van der Waals surface area contributed by atoms with Crippen molar-refractivity contribution >= 4 is 0 Å². The maximum absolute atomic E-state index is 9.37. The van der Waals surface area contributed by atoms with Crippen molar-refractivity contribution in [1.82, 2.24) is 14.9 Å². The molecule has 1 aliphatic rings. The van der Waals surface area contributed by atoms with Crippen LogP contribution in [0.4, 0.5) is 0 Å². The Bertz CT molecular complexity index is 533. The number of nitrogens with one attached hydrogen (secondary N) is 1. The number of hydrogen-bond donors (Lipinski definition) is 2. The maximum Gasteiger partial charge on any atom is 0.113 e. The second kappa shape index (κ2) is 4.92. The van der Waals surface area contributed by atoms with E-state index in [2.05, 4.69) is 27.0 Å². The molecule has 4 heteroatoms. The summed E-state index contributed by atoms with van der Waals surface area (Å²) in [5.41, 5.74) is 3.20. The fourth-order valence-electron chi connectivity index (χ4n) is 2.49. The second-order valence-corrected chi connectivity index (χ2v) is 4.57. The highest BCUT2D eigenvalue weighted by atomic mass is 16.3. The molecule has 0 radical (unpaired) electrons. The predicted octanol–water partition coefficient (Wildman–Crippen LogP) is 1.07. The molecule has 0 saturated heterocycles. The van der Waals surface area contributed by atoms with Gasteiger partial charge >= 0.3 is 0 Å². The average Bonchev–Trinajstić information content (AvgIpc) is 2.78. The number of nitrogens with zero attached hydrogens (tertiary/aromatic N) is 2. The molecule has 1 aliphatic heterocycles. The van der Waals surface area contributed by atoms with Gasteiger partial charge in [0.25, 0.3) is 0 Å². The third kappa shape index (κ3) is 2.05. The molecule has 0 aliphatic carbocycles. The van der Waals surface area contributed by atoms with E-state index in [9.17, 15) is 5.11 Å². The Hall–Kier alpha value is -1.65. The maximum atomic E-state index is 9.37. The lowest BCUT2D eigenvalue weighted by molar-refractivity contribution is 0.274. The summed E-state index contributed by atoms with van der Waals surface area (Å²) in [6, 6.07) is 10.3. The fraction of sp³-hybridized carbons (Fsp3) is 0.357. The first-order valence-electron chi connectivity index (χ1n) is 6.31. The monoisotopic (exact) mass is 243 g/mol. The Morgan fingerprint density at radius 3 is 2.89 bits per heavy atom. The summed E-state index contributed by atoms with van der Waals surface area (Å²) in [6.07, 6.45) is 0.827. The van der Waals surface area contributed by atoms with Gasteiger partial charge in [0.2, 0.25) is 0 Å². The van der Waals surface area contributed by atoms with E-state index in [1.807, 2.05) is 18.2 Å². The standard InChI is InChI=1S/C14H17N3O/c18-10-12-13-9-15-6-7-17(13)14(16-12)8-11-4-2-1-3-5-11/h1-5,15,18H,6-10H2. The van der Waals surface area contributed by atoms with Crippen LogP contribution >= 0.6 is 0 Å². The van der Waals surface area contributed by atoms with Crippen molar-refractivity contribution in [2.24, 2.45) is 0 Å². The van der Waals surface area contributed by atoms with Gasteiger partial charge in [-0.1, -0.05) is 30.3 Å². The molecule has 3 rings (SSSR count). The van der Waals surface area contributed by atoms with Gasteiger partial charge < -0.3 is 15.0 Å². The van der Waals surface area contributed by atoms with Crippen LogP contribution in [-0.2, 0) is 26.1 Å². The predicted molar refractivity (Wildman–Crippen MR) is 69.1 cm³/mol. The van der Waals surface area contributed by atoms with E-state index in [1.54, 1.807) is 0 Å². The zero-order valence-electron chi connectivity index (χ0n) is 10.3. The molecule has 0 unspecified atom stereocenters. The van der Waals surface area contributed by atoms with Gasteiger partial charge in [-0.3, -0.25) is 0 Å². The van der Waals surface area contributed by atoms with E-state index in [1.165, 1.54) is 5.56 Å². The van der Waals surface area contributed by atoms with Crippen LogP contribution in [0.5, 0.6) is 0 Å². The van der Waals surface area contributed by atoms with Crippen molar-refractivity contribution in [3.05, 3.63) is 53.1 Å². The zero-order chi connectivity index (χ0) is 12.4. The summed E-state index contributed by atoms with van der Waals surface area (Å²) in [4.78, 5) is 4.58. The van der Waals surface area contributed by atoms with E-state index in [0.29, 0.717) is 0 Å². The first-order chi connectivity index (χ1) is 8.88. The van der Waals surface area contributed by atoms with Gasteiger partial charge in [-0.25, -0.2) is 4.98 Å². The first kappa shape index (κ1) is 11.4. The number of imidazole rings is 1. The summed E-state index contributed by atoms with van der Waals surface area (Å²) in [5.74, 6) is 1.06. The zero-order valence-corrected chi connectivity index (χ0v) is 10.3. The smallest absolute Gasteiger partial charge is 0.113 e. The molecular formula is C14H17N3O. The molecular weight excluding hydrogens is 226 g/mol. The van der Waals surface area contributed by atoms with Crippen LogP contribution in [0, 0.1) is 0 Å². The molecule has 0 amide bonds. The summed E-state index contributed by atoms with van der Waals surface area (Å²) < 4.78 is 2.25. The van der Waals surface area contributed by atoms with Crippen molar-refractivity contribution in [3.8, 4) is 0 Å². The molecule has 4 nitrogen and oxygen atoms in total. The summed E-state index contributed by atoms with van der Waals surface area (Å²) >= 11 is 0. The highest BCUT2D eigenvalue weighted by Crippen LogP contribution is 2.17. The molecule has 0 bridgehead atoms. The van der Waals surface area contributed by atoms with Gasteiger partial charge in [0.05, 0.1) is 18.0 Å². The molecule has 0 atom stereocenters. The Balaban J connectivity index is 1.94. The van der Waals surface area contributed by atoms with Gasteiger partial charge in [-0.15, -0.1) is 0 Å². The van der Waals surface area contributed by atoms with Crippen LogP contribution in [0.3, 0.4) is 0 Å². The number of rotatable bonds is 3. The molecule has 1 aromatic heterocycles. The molecule has 2 N–H and O–H groups in total. The molecule has 94 valence electrons. The Labute approximate surface area is 106 Å². The number of benzene rings is 1. The largest absolute Gasteiger partial charge is 0.390 e. The molecule has 18 heavy (non-hydrogen) atoms. The van der Waals surface area contributed by atoms with Crippen LogP contribution in [0.2, 0.25) is 0 Å². The first-order valence-corrected chi connectivity index (χ1v) is 6.31. The number of fused-ring (bicyclic) bond motifs is 1.